The van der Waals surface area contributed by atoms with Crippen LogP contribution in [0.5, 0.6) is 23.0 Å². The minimum absolute atomic E-state index is 0.0186. The zero-order chi connectivity index (χ0) is 22.6. The molecule has 0 radical (unpaired) electrons. The van der Waals surface area contributed by atoms with Gasteiger partial charge in [0.15, 0.2) is 5.75 Å². The highest BCUT2D eigenvalue weighted by Crippen LogP contribution is 2.27. The minimum Gasteiger partial charge on any atom is -0.508 e. The number of aliphatic hydroxyl groups is 1. The highest BCUT2D eigenvalue weighted by Gasteiger charge is 2.20. The first kappa shape index (κ1) is 23.5. The monoisotopic (exact) mass is 456 g/mol. The topological polar surface area (TPSA) is 97.3 Å². The first-order valence-corrected chi connectivity index (χ1v) is 11.6. The third-order valence-electron chi connectivity index (χ3n) is 4.46. The first-order chi connectivity index (χ1) is 15.6. The number of hydrogen-bond donors (Lipinski definition) is 3. The molecule has 0 aromatic heterocycles. The number of ether oxygens (including phenoxy) is 2. The number of para-hydroxylation sites is 1. The van der Waals surface area contributed by atoms with Gasteiger partial charge < -0.3 is 25.0 Å². The number of rotatable bonds is 13. The Bertz CT molecular complexity index is 950. The minimum atomic E-state index is -1.95. The molecule has 0 amide bonds. The average molecular weight is 456 g/mol. The fourth-order valence-corrected chi connectivity index (χ4v) is 3.46. The Morgan fingerprint density at radius 2 is 1.50 bits per heavy atom. The molecule has 0 aliphatic heterocycles. The zero-order valence-electron chi connectivity index (χ0n) is 17.6. The Morgan fingerprint density at radius 1 is 0.844 bits per heavy atom. The number of phenolic OH excluding ortho intramolecular Hbond substituents is 1. The SMILES string of the molecule is O=[P+](COc1ccc(CCNC[C@H](O)COc2ccc(O)cc2)cc1)Oc1ccccc1. The Hall–Kier alpha value is -3.12. The van der Waals surface area contributed by atoms with Crippen LogP contribution < -0.4 is 19.3 Å². The molecule has 0 aliphatic carbocycles. The second kappa shape index (κ2) is 12.7. The van der Waals surface area contributed by atoms with E-state index < -0.39 is 14.1 Å². The van der Waals surface area contributed by atoms with Gasteiger partial charge in [-0.1, -0.05) is 30.3 Å². The van der Waals surface area contributed by atoms with Crippen molar-refractivity contribution in [1.29, 1.82) is 0 Å². The van der Waals surface area contributed by atoms with Gasteiger partial charge in [0.05, 0.1) is 0 Å². The summed E-state index contributed by atoms with van der Waals surface area (Å²) in [6.45, 7) is 1.28. The van der Waals surface area contributed by atoms with Crippen molar-refractivity contribution in [3.05, 3.63) is 84.4 Å². The van der Waals surface area contributed by atoms with Gasteiger partial charge in [-0.05, 0) is 71.6 Å². The van der Waals surface area contributed by atoms with Crippen molar-refractivity contribution in [2.75, 3.05) is 26.0 Å². The molecule has 3 aromatic rings. The summed E-state index contributed by atoms with van der Waals surface area (Å²) in [6, 6.07) is 22.9. The Balaban J connectivity index is 1.29. The molecule has 32 heavy (non-hydrogen) atoms. The molecule has 7 nitrogen and oxygen atoms in total. The zero-order valence-corrected chi connectivity index (χ0v) is 18.5. The largest absolute Gasteiger partial charge is 0.598 e. The van der Waals surface area contributed by atoms with Crippen molar-refractivity contribution in [3.63, 3.8) is 0 Å². The molecule has 3 rings (SSSR count). The summed E-state index contributed by atoms with van der Waals surface area (Å²) >= 11 is 0. The van der Waals surface area contributed by atoms with E-state index in [4.69, 9.17) is 14.0 Å². The molecule has 3 N–H and O–H groups in total. The van der Waals surface area contributed by atoms with E-state index in [1.54, 1.807) is 24.3 Å². The van der Waals surface area contributed by atoms with Crippen molar-refractivity contribution < 1.29 is 28.8 Å². The van der Waals surface area contributed by atoms with E-state index in [0.29, 0.717) is 30.3 Å². The van der Waals surface area contributed by atoms with Gasteiger partial charge in [0, 0.05) is 6.54 Å². The molecule has 0 saturated heterocycles. The van der Waals surface area contributed by atoms with E-state index in [9.17, 15) is 14.8 Å². The van der Waals surface area contributed by atoms with Crippen LogP contribution in [0, 0.1) is 0 Å². The maximum atomic E-state index is 12.0. The van der Waals surface area contributed by atoms with E-state index in [1.165, 1.54) is 12.1 Å². The van der Waals surface area contributed by atoms with Crippen LogP contribution in [-0.4, -0.2) is 42.4 Å². The van der Waals surface area contributed by atoms with Gasteiger partial charge in [0.1, 0.15) is 30.0 Å². The van der Waals surface area contributed by atoms with Crippen LogP contribution in [-0.2, 0) is 11.0 Å². The van der Waals surface area contributed by atoms with Gasteiger partial charge in [0.25, 0.3) is 0 Å². The normalized spacial score (nSPS) is 12.1. The molecule has 2 atom stereocenters. The summed E-state index contributed by atoms with van der Waals surface area (Å²) in [7, 11) is -1.95. The van der Waals surface area contributed by atoms with Crippen molar-refractivity contribution in [2.24, 2.45) is 0 Å². The molecule has 0 spiro atoms. The molecule has 0 saturated carbocycles. The van der Waals surface area contributed by atoms with E-state index in [1.807, 2.05) is 42.5 Å². The standard InChI is InChI=1S/C24H26NO6P/c26-20-8-12-22(13-9-20)29-17-21(27)16-25-15-14-19-6-10-23(11-7-19)30-18-32(28)31-24-4-2-1-3-5-24/h1-13,21,25,27H,14-18H2/p+1/t21-/m0/s1. The molecule has 0 aliphatic rings. The summed E-state index contributed by atoms with van der Waals surface area (Å²) in [5.41, 5.74) is 1.12. The summed E-state index contributed by atoms with van der Waals surface area (Å²) < 4.78 is 28.3. The van der Waals surface area contributed by atoms with Crippen LogP contribution in [0.25, 0.3) is 0 Å². The van der Waals surface area contributed by atoms with Crippen LogP contribution in [0.2, 0.25) is 0 Å². The van der Waals surface area contributed by atoms with Crippen molar-refractivity contribution >= 4 is 8.03 Å². The van der Waals surface area contributed by atoms with Gasteiger partial charge in [0.2, 0.25) is 0 Å². The molecule has 168 valence electrons. The van der Waals surface area contributed by atoms with Gasteiger partial charge in [-0.15, -0.1) is 0 Å². The average Bonchev–Trinajstić information content (AvgIpc) is 2.81. The summed E-state index contributed by atoms with van der Waals surface area (Å²) in [5.74, 6) is 1.95. The molecule has 0 heterocycles. The quantitative estimate of drug-likeness (QED) is 0.263. The maximum Gasteiger partial charge on any atom is 0.598 e. The lowest BCUT2D eigenvalue weighted by Gasteiger charge is -2.13. The summed E-state index contributed by atoms with van der Waals surface area (Å²) in [4.78, 5) is 0. The predicted octanol–water partition coefficient (Wildman–Crippen LogP) is 4.12. The second-order valence-electron chi connectivity index (χ2n) is 7.07. The highest BCUT2D eigenvalue weighted by molar-refractivity contribution is 7.39. The Morgan fingerprint density at radius 3 is 2.22 bits per heavy atom. The Kier molecular flexibility index (Phi) is 9.32. The van der Waals surface area contributed by atoms with Crippen molar-refractivity contribution in [3.8, 4) is 23.0 Å². The van der Waals surface area contributed by atoms with Gasteiger partial charge in [-0.3, -0.25) is 4.52 Å². The van der Waals surface area contributed by atoms with E-state index >= 15 is 0 Å². The number of aromatic hydroxyl groups is 1. The Labute approximate surface area is 188 Å². The predicted molar refractivity (Wildman–Crippen MR) is 123 cm³/mol. The van der Waals surface area contributed by atoms with Crippen LogP contribution in [0.1, 0.15) is 5.56 Å². The van der Waals surface area contributed by atoms with Crippen LogP contribution in [0.3, 0.4) is 0 Å². The van der Waals surface area contributed by atoms with E-state index in [0.717, 1.165) is 12.0 Å². The maximum absolute atomic E-state index is 12.0. The fourth-order valence-electron chi connectivity index (χ4n) is 2.80. The highest BCUT2D eigenvalue weighted by atomic mass is 31.1. The molecule has 0 fully saturated rings. The van der Waals surface area contributed by atoms with Crippen LogP contribution in [0.4, 0.5) is 0 Å². The lowest BCUT2D eigenvalue weighted by molar-refractivity contribution is 0.106. The number of nitrogens with one attached hydrogen (secondary N) is 1. The number of benzene rings is 3. The molecular weight excluding hydrogens is 429 g/mol. The molecule has 3 aromatic carbocycles. The lowest BCUT2D eigenvalue weighted by Crippen LogP contribution is -2.32. The summed E-state index contributed by atoms with van der Waals surface area (Å²) in [5, 5.41) is 22.5. The second-order valence-corrected chi connectivity index (χ2v) is 8.17. The molecule has 1 unspecified atom stereocenters. The van der Waals surface area contributed by atoms with Crippen LogP contribution in [0.15, 0.2) is 78.9 Å². The smallest absolute Gasteiger partial charge is 0.508 e. The van der Waals surface area contributed by atoms with Gasteiger partial charge >= 0.3 is 14.4 Å². The molecular formula is C24H27NO6P+. The van der Waals surface area contributed by atoms with E-state index in [-0.39, 0.29) is 18.7 Å². The van der Waals surface area contributed by atoms with Crippen molar-refractivity contribution in [2.45, 2.75) is 12.5 Å². The van der Waals surface area contributed by atoms with Crippen LogP contribution >= 0.6 is 8.03 Å². The third kappa shape index (κ3) is 8.55. The van der Waals surface area contributed by atoms with Gasteiger partial charge in [-0.25, -0.2) is 0 Å². The number of phenols is 1. The van der Waals surface area contributed by atoms with E-state index in [2.05, 4.69) is 5.32 Å². The van der Waals surface area contributed by atoms with Crippen molar-refractivity contribution in [1.82, 2.24) is 5.32 Å². The third-order valence-corrected chi connectivity index (χ3v) is 5.21. The first-order valence-electron chi connectivity index (χ1n) is 10.3. The summed E-state index contributed by atoms with van der Waals surface area (Å²) in [6.07, 6.45) is 0.131. The van der Waals surface area contributed by atoms with Gasteiger partial charge in [-0.2, -0.15) is 0 Å². The molecule has 8 heteroatoms. The number of aliphatic hydroxyl groups excluding tert-OH is 1. The molecule has 0 bridgehead atoms. The lowest BCUT2D eigenvalue weighted by atomic mass is 10.1. The fraction of sp³-hybridized carbons (Fsp3) is 0.250. The number of hydrogen-bond acceptors (Lipinski definition) is 7.